The normalized spacial score (nSPS) is 23.9. The van der Waals surface area contributed by atoms with Crippen LogP contribution in [0, 0.1) is 0 Å². The molecule has 0 aromatic heterocycles. The van der Waals surface area contributed by atoms with E-state index in [9.17, 15) is 19.5 Å². The SMILES string of the molecule is O=C(OC1C(OC(=O)c2ccccc2)[C@@H](O)OC(CO[C@H]2OC[C@@H](OCc3ccccc3)C(OCc3ccccc3)C2OCc2ccccc2)[C@H]1OC(=O)c1ccccc1)c1ccccc1. The number of hydrogen-bond donors (Lipinski definition) is 1. The van der Waals surface area contributed by atoms with E-state index in [1.165, 1.54) is 24.3 Å². The summed E-state index contributed by atoms with van der Waals surface area (Å²) >= 11 is 0. The van der Waals surface area contributed by atoms with E-state index in [4.69, 9.17) is 42.6 Å². The van der Waals surface area contributed by atoms with Crippen molar-refractivity contribution in [2.24, 2.45) is 0 Å². The second-order valence-electron chi connectivity index (χ2n) is 15.7. The van der Waals surface area contributed by atoms with E-state index in [0.717, 1.165) is 16.7 Å². The van der Waals surface area contributed by atoms with Gasteiger partial charge in [0.2, 0.25) is 0 Å². The van der Waals surface area contributed by atoms with E-state index in [0.29, 0.717) is 0 Å². The molecule has 6 aromatic carbocycles. The maximum absolute atomic E-state index is 13.9. The summed E-state index contributed by atoms with van der Waals surface area (Å²) < 4.78 is 56.9. The Hall–Kier alpha value is -6.55. The number of carbonyl (C=O) groups excluding carboxylic acids is 3. The van der Waals surface area contributed by atoms with Crippen molar-refractivity contribution in [1.82, 2.24) is 0 Å². The molecule has 9 atom stereocenters. The molecule has 0 spiro atoms. The summed E-state index contributed by atoms with van der Waals surface area (Å²) in [5.74, 6) is -2.47. The number of aliphatic hydroxyl groups excluding tert-OH is 1. The van der Waals surface area contributed by atoms with Crippen LogP contribution in [0.15, 0.2) is 182 Å². The molecular formula is C53H50O13. The molecule has 2 heterocycles. The smallest absolute Gasteiger partial charge is 0.338 e. The second-order valence-corrected chi connectivity index (χ2v) is 15.7. The molecule has 66 heavy (non-hydrogen) atoms. The fourth-order valence-corrected chi connectivity index (χ4v) is 7.64. The Balaban J connectivity index is 1.10. The summed E-state index contributed by atoms with van der Waals surface area (Å²) in [5, 5.41) is 11.7. The van der Waals surface area contributed by atoms with Crippen LogP contribution in [0.25, 0.3) is 0 Å². The van der Waals surface area contributed by atoms with Gasteiger partial charge < -0.3 is 47.7 Å². The van der Waals surface area contributed by atoms with Crippen molar-refractivity contribution >= 4 is 17.9 Å². The first-order valence-electron chi connectivity index (χ1n) is 21.7. The molecule has 1 N–H and O–H groups in total. The van der Waals surface area contributed by atoms with Gasteiger partial charge in [0.05, 0.1) is 49.7 Å². The van der Waals surface area contributed by atoms with Gasteiger partial charge in [0.25, 0.3) is 0 Å². The number of ether oxygens (including phenoxy) is 9. The van der Waals surface area contributed by atoms with Gasteiger partial charge in [-0.2, -0.15) is 0 Å². The third-order valence-electron chi connectivity index (χ3n) is 11.1. The maximum Gasteiger partial charge on any atom is 0.338 e. The lowest BCUT2D eigenvalue weighted by Gasteiger charge is -2.45. The molecule has 2 aliphatic heterocycles. The molecule has 0 aliphatic carbocycles. The lowest BCUT2D eigenvalue weighted by Crippen LogP contribution is -2.63. The van der Waals surface area contributed by atoms with Gasteiger partial charge in [-0.15, -0.1) is 0 Å². The van der Waals surface area contributed by atoms with Crippen LogP contribution < -0.4 is 0 Å². The molecule has 13 nitrogen and oxygen atoms in total. The third-order valence-corrected chi connectivity index (χ3v) is 11.1. The number of rotatable bonds is 18. The van der Waals surface area contributed by atoms with Crippen LogP contribution in [0.3, 0.4) is 0 Å². The van der Waals surface area contributed by atoms with E-state index in [1.54, 1.807) is 66.7 Å². The Morgan fingerprint density at radius 3 is 1.27 bits per heavy atom. The topological polar surface area (TPSA) is 155 Å². The zero-order valence-electron chi connectivity index (χ0n) is 35.9. The lowest BCUT2D eigenvalue weighted by molar-refractivity contribution is -0.322. The van der Waals surface area contributed by atoms with Gasteiger partial charge in [-0.05, 0) is 53.1 Å². The largest absolute Gasteiger partial charge is 0.452 e. The first-order valence-corrected chi connectivity index (χ1v) is 21.7. The monoisotopic (exact) mass is 894 g/mol. The number of hydrogen-bond acceptors (Lipinski definition) is 13. The highest BCUT2D eigenvalue weighted by Gasteiger charge is 2.53. The van der Waals surface area contributed by atoms with Gasteiger partial charge in [-0.3, -0.25) is 0 Å². The van der Waals surface area contributed by atoms with Crippen LogP contribution >= 0.6 is 0 Å². The Bertz CT molecular complexity index is 2410. The van der Waals surface area contributed by atoms with Crippen LogP contribution in [0.4, 0.5) is 0 Å². The van der Waals surface area contributed by atoms with Crippen LogP contribution in [0.2, 0.25) is 0 Å². The maximum atomic E-state index is 13.9. The first kappa shape index (κ1) is 46.0. The van der Waals surface area contributed by atoms with Crippen LogP contribution in [0.1, 0.15) is 47.8 Å². The Morgan fingerprint density at radius 2 is 0.818 bits per heavy atom. The highest BCUT2D eigenvalue weighted by atomic mass is 16.7. The molecule has 6 aromatic rings. The zero-order chi connectivity index (χ0) is 45.5. The summed E-state index contributed by atoms with van der Waals surface area (Å²) in [6, 6.07) is 53.4. The Kier molecular flexibility index (Phi) is 16.1. The summed E-state index contributed by atoms with van der Waals surface area (Å²) in [4.78, 5) is 41.3. The van der Waals surface area contributed by atoms with Crippen molar-refractivity contribution in [3.63, 3.8) is 0 Å². The predicted molar refractivity (Wildman–Crippen MR) is 239 cm³/mol. The van der Waals surface area contributed by atoms with E-state index >= 15 is 0 Å². The first-order chi connectivity index (χ1) is 32.4. The minimum absolute atomic E-state index is 0.0392. The quantitative estimate of drug-likeness (QED) is 0.0670. The molecule has 5 unspecified atom stereocenters. The van der Waals surface area contributed by atoms with E-state index in [-0.39, 0.29) is 43.1 Å². The minimum atomic E-state index is -1.89. The Labute approximate surface area is 382 Å². The second kappa shape index (κ2) is 23.1. The molecule has 0 saturated carbocycles. The van der Waals surface area contributed by atoms with Crippen LogP contribution in [-0.4, -0.2) is 91.5 Å². The number of esters is 3. The molecule has 340 valence electrons. The molecule has 8 rings (SSSR count). The molecule has 0 bridgehead atoms. The van der Waals surface area contributed by atoms with Crippen molar-refractivity contribution in [3.05, 3.63) is 215 Å². The van der Waals surface area contributed by atoms with Crippen molar-refractivity contribution in [3.8, 4) is 0 Å². The molecule has 2 saturated heterocycles. The minimum Gasteiger partial charge on any atom is -0.452 e. The van der Waals surface area contributed by atoms with E-state index in [1.807, 2.05) is 91.0 Å². The molecule has 0 amide bonds. The fraction of sp³-hybridized carbons (Fsp3) is 0.264. The van der Waals surface area contributed by atoms with Crippen molar-refractivity contribution in [2.75, 3.05) is 13.2 Å². The molecule has 13 heteroatoms. The molecule has 2 fully saturated rings. The zero-order valence-corrected chi connectivity index (χ0v) is 35.9. The van der Waals surface area contributed by atoms with Gasteiger partial charge in [0.15, 0.2) is 30.9 Å². The molecule has 0 radical (unpaired) electrons. The van der Waals surface area contributed by atoms with Gasteiger partial charge in [-0.1, -0.05) is 146 Å². The average molecular weight is 895 g/mol. The standard InChI is InChI=1S/C53H50O13/c54-49(39-25-13-4-14-26-39)64-45-43(63-52(57)47(66-51(56)41-29-17-6-18-30-41)46(45)65-50(55)40-27-15-5-16-28-40)35-62-53-48(60-33-38-23-11-3-12-24-38)44(59-32-37-21-9-2-10-22-37)42(34-61-53)58-31-36-19-7-1-8-20-36/h1-30,42-48,52-53,57H,31-35H2/t42-,43?,44?,45-,46?,47?,48?,52+,53-/m1/s1. The number of aliphatic hydroxyl groups is 1. The fourth-order valence-electron chi connectivity index (χ4n) is 7.64. The predicted octanol–water partition coefficient (Wildman–Crippen LogP) is 7.51. The van der Waals surface area contributed by atoms with E-state index in [2.05, 4.69) is 0 Å². The van der Waals surface area contributed by atoms with E-state index < -0.39 is 79.8 Å². The summed E-state index contributed by atoms with van der Waals surface area (Å²) in [6.45, 7) is 0.296. The number of carbonyl (C=O) groups is 3. The highest BCUT2D eigenvalue weighted by Crippen LogP contribution is 2.32. The van der Waals surface area contributed by atoms with Gasteiger partial charge >= 0.3 is 17.9 Å². The van der Waals surface area contributed by atoms with Crippen LogP contribution in [-0.2, 0) is 62.5 Å². The van der Waals surface area contributed by atoms with Gasteiger partial charge in [-0.25, -0.2) is 14.4 Å². The summed E-state index contributed by atoms with van der Waals surface area (Å²) in [7, 11) is 0. The molecule has 2 aliphatic rings. The number of benzene rings is 6. The summed E-state index contributed by atoms with van der Waals surface area (Å²) in [6.07, 6.45) is -11.4. The summed E-state index contributed by atoms with van der Waals surface area (Å²) in [5.41, 5.74) is 3.27. The lowest BCUT2D eigenvalue weighted by atomic mass is 9.97. The van der Waals surface area contributed by atoms with Crippen molar-refractivity contribution in [1.29, 1.82) is 0 Å². The third kappa shape index (κ3) is 12.2. The highest BCUT2D eigenvalue weighted by molar-refractivity contribution is 5.91. The van der Waals surface area contributed by atoms with Crippen molar-refractivity contribution in [2.45, 2.75) is 75.1 Å². The average Bonchev–Trinajstić information content (AvgIpc) is 3.37. The van der Waals surface area contributed by atoms with Crippen LogP contribution in [0.5, 0.6) is 0 Å². The van der Waals surface area contributed by atoms with Crippen molar-refractivity contribution < 1.29 is 62.1 Å². The van der Waals surface area contributed by atoms with Gasteiger partial charge in [0, 0.05) is 0 Å². The van der Waals surface area contributed by atoms with Gasteiger partial charge in [0.1, 0.15) is 24.4 Å². The Morgan fingerprint density at radius 1 is 0.439 bits per heavy atom. The molecular weight excluding hydrogens is 845 g/mol.